The fraction of sp³-hybridized carbons (Fsp3) is 0.263. The van der Waals surface area contributed by atoms with E-state index >= 15 is 0 Å². The molecule has 2 aromatic rings. The number of hydrogen-bond acceptors (Lipinski definition) is 4. The highest BCUT2D eigenvalue weighted by atomic mass is 16.5. The molecule has 0 atom stereocenters. The molecule has 0 fully saturated rings. The first-order valence-corrected chi connectivity index (χ1v) is 7.75. The third-order valence-electron chi connectivity index (χ3n) is 3.47. The predicted octanol–water partition coefficient (Wildman–Crippen LogP) is 2.96. The van der Waals surface area contributed by atoms with E-state index in [4.69, 9.17) is 14.7 Å². The Morgan fingerprint density at radius 1 is 1.17 bits per heavy atom. The fourth-order valence-electron chi connectivity index (χ4n) is 2.16. The molecule has 2 rings (SSSR count). The highest BCUT2D eigenvalue weighted by molar-refractivity contribution is 5.77. The zero-order valence-corrected chi connectivity index (χ0v) is 13.8. The third kappa shape index (κ3) is 4.75. The van der Waals surface area contributed by atoms with Gasteiger partial charge in [0.05, 0.1) is 18.2 Å². The number of amides is 1. The molecular weight excluding hydrogens is 304 g/mol. The lowest BCUT2D eigenvalue weighted by atomic mass is 10.1. The molecule has 0 unspecified atom stereocenters. The monoisotopic (exact) mass is 324 g/mol. The topological polar surface area (TPSA) is 71.3 Å². The molecule has 0 aliphatic heterocycles. The van der Waals surface area contributed by atoms with Gasteiger partial charge in [0, 0.05) is 12.6 Å². The average Bonchev–Trinajstić information content (AvgIpc) is 2.60. The minimum atomic E-state index is -0.218. The molecule has 0 saturated heterocycles. The summed E-state index contributed by atoms with van der Waals surface area (Å²) >= 11 is 0. The Labute approximate surface area is 141 Å². The maximum Gasteiger partial charge on any atom is 0.258 e. The normalized spacial score (nSPS) is 9.88. The van der Waals surface area contributed by atoms with Crippen LogP contribution < -0.4 is 14.8 Å². The summed E-state index contributed by atoms with van der Waals surface area (Å²) in [4.78, 5) is 12.0. The van der Waals surface area contributed by atoms with Crippen molar-refractivity contribution in [1.82, 2.24) is 5.32 Å². The standard InChI is InChI=1S/C19H20N2O3/c1-3-23-18-10-15(11-20)8-9-17(18)24-13-19(22)21-12-16-7-5-4-6-14(16)2/h4-10H,3,12-13H2,1-2H3,(H,21,22). The van der Waals surface area contributed by atoms with Gasteiger partial charge in [-0.25, -0.2) is 0 Å². The molecule has 0 saturated carbocycles. The number of hydrogen-bond donors (Lipinski definition) is 1. The number of aryl methyl sites for hydroxylation is 1. The predicted molar refractivity (Wildman–Crippen MR) is 90.8 cm³/mol. The minimum Gasteiger partial charge on any atom is -0.490 e. The Bertz CT molecular complexity index is 751. The van der Waals surface area contributed by atoms with Crippen molar-refractivity contribution in [2.75, 3.05) is 13.2 Å². The van der Waals surface area contributed by atoms with Crippen molar-refractivity contribution in [3.63, 3.8) is 0 Å². The van der Waals surface area contributed by atoms with E-state index in [1.807, 2.05) is 44.2 Å². The molecule has 1 amide bonds. The van der Waals surface area contributed by atoms with Crippen molar-refractivity contribution >= 4 is 5.91 Å². The number of nitriles is 1. The van der Waals surface area contributed by atoms with Crippen molar-refractivity contribution in [3.8, 4) is 17.6 Å². The van der Waals surface area contributed by atoms with Gasteiger partial charge in [-0.15, -0.1) is 0 Å². The molecule has 0 aromatic heterocycles. The zero-order chi connectivity index (χ0) is 17.4. The molecule has 0 radical (unpaired) electrons. The Kier molecular flexibility index (Phi) is 6.21. The maximum absolute atomic E-state index is 12.0. The Hall–Kier alpha value is -3.00. The van der Waals surface area contributed by atoms with Crippen LogP contribution in [0.4, 0.5) is 0 Å². The lowest BCUT2D eigenvalue weighted by molar-refractivity contribution is -0.123. The van der Waals surface area contributed by atoms with E-state index in [1.165, 1.54) is 0 Å². The first-order chi connectivity index (χ1) is 11.6. The van der Waals surface area contributed by atoms with Crippen LogP contribution in [0.3, 0.4) is 0 Å². The van der Waals surface area contributed by atoms with Crippen molar-refractivity contribution < 1.29 is 14.3 Å². The number of nitrogens with one attached hydrogen (secondary N) is 1. The molecular formula is C19H20N2O3. The van der Waals surface area contributed by atoms with Gasteiger partial charge in [-0.3, -0.25) is 4.79 Å². The maximum atomic E-state index is 12.0. The second kappa shape index (κ2) is 8.59. The van der Waals surface area contributed by atoms with Crippen LogP contribution in [0.2, 0.25) is 0 Å². The molecule has 24 heavy (non-hydrogen) atoms. The van der Waals surface area contributed by atoms with Gasteiger partial charge in [-0.05, 0) is 37.1 Å². The number of benzene rings is 2. The summed E-state index contributed by atoms with van der Waals surface area (Å²) in [6.45, 7) is 4.64. The summed E-state index contributed by atoms with van der Waals surface area (Å²) in [5, 5.41) is 11.8. The first-order valence-electron chi connectivity index (χ1n) is 7.75. The van der Waals surface area contributed by atoms with Gasteiger partial charge in [0.1, 0.15) is 0 Å². The van der Waals surface area contributed by atoms with Gasteiger partial charge >= 0.3 is 0 Å². The first kappa shape index (κ1) is 17.4. The number of carbonyl (C=O) groups excluding carboxylic acids is 1. The van der Waals surface area contributed by atoms with Gasteiger partial charge in [0.2, 0.25) is 0 Å². The van der Waals surface area contributed by atoms with Crippen LogP contribution in [-0.4, -0.2) is 19.1 Å². The van der Waals surface area contributed by atoms with Crippen LogP contribution in [0.5, 0.6) is 11.5 Å². The van der Waals surface area contributed by atoms with Gasteiger partial charge in [-0.1, -0.05) is 24.3 Å². The number of nitrogens with zero attached hydrogens (tertiary/aromatic N) is 1. The van der Waals surface area contributed by atoms with Crippen LogP contribution >= 0.6 is 0 Å². The van der Waals surface area contributed by atoms with E-state index in [0.29, 0.717) is 30.2 Å². The third-order valence-corrected chi connectivity index (χ3v) is 3.47. The molecule has 1 N–H and O–H groups in total. The molecule has 5 nitrogen and oxygen atoms in total. The number of carbonyl (C=O) groups is 1. The van der Waals surface area contributed by atoms with E-state index in [0.717, 1.165) is 11.1 Å². The average molecular weight is 324 g/mol. The molecule has 0 bridgehead atoms. The Balaban J connectivity index is 1.92. The van der Waals surface area contributed by atoms with Gasteiger partial charge in [0.15, 0.2) is 18.1 Å². The smallest absolute Gasteiger partial charge is 0.258 e. The van der Waals surface area contributed by atoms with Gasteiger partial charge < -0.3 is 14.8 Å². The molecule has 124 valence electrons. The van der Waals surface area contributed by atoms with Crippen LogP contribution in [-0.2, 0) is 11.3 Å². The SMILES string of the molecule is CCOc1cc(C#N)ccc1OCC(=O)NCc1ccccc1C. The summed E-state index contributed by atoms with van der Waals surface area (Å²) < 4.78 is 11.0. The molecule has 2 aromatic carbocycles. The van der Waals surface area contributed by atoms with Crippen LogP contribution in [0.15, 0.2) is 42.5 Å². The zero-order valence-electron chi connectivity index (χ0n) is 13.8. The summed E-state index contributed by atoms with van der Waals surface area (Å²) in [5.74, 6) is 0.690. The highest BCUT2D eigenvalue weighted by Crippen LogP contribution is 2.28. The van der Waals surface area contributed by atoms with E-state index in [9.17, 15) is 4.79 Å². The Morgan fingerprint density at radius 2 is 1.96 bits per heavy atom. The molecule has 5 heteroatoms. The number of rotatable bonds is 7. The number of ether oxygens (including phenoxy) is 2. The van der Waals surface area contributed by atoms with E-state index in [-0.39, 0.29) is 12.5 Å². The van der Waals surface area contributed by atoms with E-state index in [2.05, 4.69) is 5.32 Å². The van der Waals surface area contributed by atoms with Gasteiger partial charge in [-0.2, -0.15) is 5.26 Å². The van der Waals surface area contributed by atoms with Gasteiger partial charge in [0.25, 0.3) is 5.91 Å². The van der Waals surface area contributed by atoms with Crippen LogP contribution in [0.25, 0.3) is 0 Å². The fourth-order valence-corrected chi connectivity index (χ4v) is 2.16. The summed E-state index contributed by atoms with van der Waals surface area (Å²) in [6.07, 6.45) is 0. The van der Waals surface area contributed by atoms with Crippen LogP contribution in [0, 0.1) is 18.3 Å². The minimum absolute atomic E-state index is 0.113. The quantitative estimate of drug-likeness (QED) is 0.850. The van der Waals surface area contributed by atoms with Crippen molar-refractivity contribution in [3.05, 3.63) is 59.2 Å². The molecule has 0 spiro atoms. The summed E-state index contributed by atoms with van der Waals surface area (Å²) in [6, 6.07) is 14.8. The van der Waals surface area contributed by atoms with E-state index < -0.39 is 0 Å². The largest absolute Gasteiger partial charge is 0.490 e. The second-order valence-electron chi connectivity index (χ2n) is 5.20. The molecule has 0 aliphatic carbocycles. The van der Waals surface area contributed by atoms with Crippen molar-refractivity contribution in [1.29, 1.82) is 5.26 Å². The van der Waals surface area contributed by atoms with Crippen molar-refractivity contribution in [2.24, 2.45) is 0 Å². The highest BCUT2D eigenvalue weighted by Gasteiger charge is 2.09. The molecule has 0 aliphatic rings. The summed E-state index contributed by atoms with van der Waals surface area (Å²) in [5.41, 5.74) is 2.68. The van der Waals surface area contributed by atoms with Crippen LogP contribution in [0.1, 0.15) is 23.6 Å². The van der Waals surface area contributed by atoms with E-state index in [1.54, 1.807) is 18.2 Å². The second-order valence-corrected chi connectivity index (χ2v) is 5.20. The lowest BCUT2D eigenvalue weighted by Crippen LogP contribution is -2.28. The molecule has 0 heterocycles. The lowest BCUT2D eigenvalue weighted by Gasteiger charge is -2.12. The Morgan fingerprint density at radius 3 is 2.67 bits per heavy atom. The van der Waals surface area contributed by atoms with Crippen molar-refractivity contribution in [2.45, 2.75) is 20.4 Å². The summed E-state index contributed by atoms with van der Waals surface area (Å²) in [7, 11) is 0.